The van der Waals surface area contributed by atoms with Gasteiger partial charge in [-0.1, -0.05) is 0 Å². The Bertz CT molecular complexity index is 473. The number of fused-ring (bicyclic) bond motifs is 1. The molecule has 3 heteroatoms. The number of aromatic nitrogens is 1. The van der Waals surface area contributed by atoms with E-state index in [1.807, 2.05) is 19.9 Å². The van der Waals surface area contributed by atoms with Gasteiger partial charge in [-0.3, -0.25) is 0 Å². The highest BCUT2D eigenvalue weighted by Gasteiger charge is 2.09. The fraction of sp³-hybridized carbons (Fsp3) is 0.200. The number of aromatic amines is 1. The van der Waals surface area contributed by atoms with Gasteiger partial charge in [-0.15, -0.1) is 0 Å². The summed E-state index contributed by atoms with van der Waals surface area (Å²) < 4.78 is 0.770. The Hall–Kier alpha value is -0.960. The standard InChI is InChI=1S/C10H10BrNO/c1-5-6(2)12-7-3-4-8(13)10(11)9(5)7/h3-4,12-13H,1-2H3. The van der Waals surface area contributed by atoms with Crippen LogP contribution in [0.2, 0.25) is 0 Å². The third-order valence-electron chi connectivity index (χ3n) is 2.38. The van der Waals surface area contributed by atoms with E-state index >= 15 is 0 Å². The Kier molecular flexibility index (Phi) is 1.84. The van der Waals surface area contributed by atoms with Crippen molar-refractivity contribution < 1.29 is 5.11 Å². The molecule has 0 fully saturated rings. The van der Waals surface area contributed by atoms with Crippen LogP contribution in [0, 0.1) is 13.8 Å². The zero-order chi connectivity index (χ0) is 9.59. The van der Waals surface area contributed by atoms with E-state index < -0.39 is 0 Å². The van der Waals surface area contributed by atoms with Crippen molar-refractivity contribution >= 4 is 26.8 Å². The number of aryl methyl sites for hydroxylation is 2. The molecule has 68 valence electrons. The lowest BCUT2D eigenvalue weighted by Crippen LogP contribution is -1.74. The van der Waals surface area contributed by atoms with E-state index in [0.29, 0.717) is 0 Å². The van der Waals surface area contributed by atoms with Crippen molar-refractivity contribution in [3.05, 3.63) is 27.9 Å². The molecule has 2 nitrogen and oxygen atoms in total. The van der Waals surface area contributed by atoms with Crippen LogP contribution in [-0.4, -0.2) is 10.1 Å². The molecule has 0 saturated heterocycles. The van der Waals surface area contributed by atoms with Crippen LogP contribution in [0.5, 0.6) is 5.75 Å². The molecule has 0 aliphatic carbocycles. The van der Waals surface area contributed by atoms with Crippen molar-refractivity contribution in [1.29, 1.82) is 0 Å². The van der Waals surface area contributed by atoms with E-state index in [1.165, 1.54) is 5.56 Å². The number of rotatable bonds is 0. The molecule has 2 aromatic rings. The summed E-state index contributed by atoms with van der Waals surface area (Å²) in [6, 6.07) is 3.57. The minimum Gasteiger partial charge on any atom is -0.507 e. The first kappa shape index (κ1) is 8.63. The van der Waals surface area contributed by atoms with Crippen LogP contribution in [0.3, 0.4) is 0 Å². The molecule has 2 rings (SSSR count). The van der Waals surface area contributed by atoms with Crippen molar-refractivity contribution in [3.63, 3.8) is 0 Å². The number of H-pyrrole nitrogens is 1. The summed E-state index contributed by atoms with van der Waals surface area (Å²) in [7, 11) is 0. The normalized spacial score (nSPS) is 11.0. The maximum absolute atomic E-state index is 9.49. The number of hydrogen-bond acceptors (Lipinski definition) is 1. The smallest absolute Gasteiger partial charge is 0.130 e. The third-order valence-corrected chi connectivity index (χ3v) is 3.18. The molecule has 0 amide bonds. The lowest BCUT2D eigenvalue weighted by Gasteiger charge is -1.98. The fourth-order valence-corrected chi connectivity index (χ4v) is 2.16. The first-order valence-electron chi connectivity index (χ1n) is 4.07. The summed E-state index contributed by atoms with van der Waals surface area (Å²) in [5.41, 5.74) is 3.37. The monoisotopic (exact) mass is 239 g/mol. The number of hydrogen-bond donors (Lipinski definition) is 2. The number of nitrogens with one attached hydrogen (secondary N) is 1. The highest BCUT2D eigenvalue weighted by molar-refractivity contribution is 9.10. The van der Waals surface area contributed by atoms with Crippen molar-refractivity contribution in [2.24, 2.45) is 0 Å². The lowest BCUT2D eigenvalue weighted by molar-refractivity contribution is 0.473. The van der Waals surface area contributed by atoms with Gasteiger partial charge >= 0.3 is 0 Å². The Labute approximate surface area is 84.7 Å². The van der Waals surface area contributed by atoms with E-state index in [0.717, 1.165) is 21.1 Å². The molecule has 2 N–H and O–H groups in total. The lowest BCUT2D eigenvalue weighted by atomic mass is 10.1. The minimum atomic E-state index is 0.287. The van der Waals surface area contributed by atoms with E-state index in [9.17, 15) is 5.11 Å². The third kappa shape index (κ3) is 1.15. The van der Waals surface area contributed by atoms with Gasteiger partial charge in [0.15, 0.2) is 0 Å². The van der Waals surface area contributed by atoms with Crippen molar-refractivity contribution in [2.45, 2.75) is 13.8 Å². The fourth-order valence-electron chi connectivity index (χ4n) is 1.52. The average molecular weight is 240 g/mol. The summed E-state index contributed by atoms with van der Waals surface area (Å²) in [5.74, 6) is 0.287. The van der Waals surface area contributed by atoms with Crippen molar-refractivity contribution in [2.75, 3.05) is 0 Å². The molecule has 0 saturated carbocycles. The maximum Gasteiger partial charge on any atom is 0.130 e. The van der Waals surface area contributed by atoms with E-state index in [-0.39, 0.29) is 5.75 Å². The molecule has 0 spiro atoms. The molecular formula is C10H10BrNO. The van der Waals surface area contributed by atoms with Gasteiger partial charge < -0.3 is 10.1 Å². The topological polar surface area (TPSA) is 36.0 Å². The predicted octanol–water partition coefficient (Wildman–Crippen LogP) is 3.25. The van der Waals surface area contributed by atoms with Gasteiger partial charge in [0.2, 0.25) is 0 Å². The Morgan fingerprint density at radius 1 is 1.31 bits per heavy atom. The summed E-state index contributed by atoms with van der Waals surface area (Å²) >= 11 is 3.37. The quantitative estimate of drug-likeness (QED) is 0.728. The van der Waals surface area contributed by atoms with E-state index in [1.54, 1.807) is 6.07 Å². The predicted molar refractivity (Wildman–Crippen MR) is 57.1 cm³/mol. The summed E-state index contributed by atoms with van der Waals surface area (Å²) in [6.07, 6.45) is 0. The first-order chi connectivity index (χ1) is 6.11. The van der Waals surface area contributed by atoms with Crippen molar-refractivity contribution in [1.82, 2.24) is 4.98 Å². The largest absolute Gasteiger partial charge is 0.507 e. The second-order valence-corrected chi connectivity index (χ2v) is 3.99. The van der Waals surface area contributed by atoms with Crippen LogP contribution in [0.4, 0.5) is 0 Å². The molecule has 0 aliphatic heterocycles. The zero-order valence-corrected chi connectivity index (χ0v) is 9.07. The average Bonchev–Trinajstić information content (AvgIpc) is 2.37. The van der Waals surface area contributed by atoms with Crippen LogP contribution in [0.1, 0.15) is 11.3 Å². The van der Waals surface area contributed by atoms with Gasteiger partial charge in [-0.25, -0.2) is 0 Å². The van der Waals surface area contributed by atoms with E-state index in [4.69, 9.17) is 0 Å². The van der Waals surface area contributed by atoms with Gasteiger partial charge in [-0.2, -0.15) is 0 Å². The van der Waals surface area contributed by atoms with E-state index in [2.05, 4.69) is 20.9 Å². The Morgan fingerprint density at radius 3 is 2.69 bits per heavy atom. The molecular weight excluding hydrogens is 230 g/mol. The van der Waals surface area contributed by atoms with Gasteiger partial charge in [0.1, 0.15) is 5.75 Å². The number of aromatic hydroxyl groups is 1. The zero-order valence-electron chi connectivity index (χ0n) is 7.48. The summed E-state index contributed by atoms with van der Waals surface area (Å²) in [5, 5.41) is 10.6. The van der Waals surface area contributed by atoms with Gasteiger partial charge in [-0.05, 0) is 47.5 Å². The molecule has 1 aromatic heterocycles. The number of halogens is 1. The second-order valence-electron chi connectivity index (χ2n) is 3.20. The number of phenolic OH excluding ortho intramolecular Hbond substituents is 1. The molecule has 1 heterocycles. The molecule has 1 aromatic carbocycles. The molecule has 0 unspecified atom stereocenters. The van der Waals surface area contributed by atoms with Crippen LogP contribution in [0.25, 0.3) is 10.9 Å². The number of phenols is 1. The van der Waals surface area contributed by atoms with Gasteiger partial charge in [0, 0.05) is 16.6 Å². The van der Waals surface area contributed by atoms with Gasteiger partial charge in [0.05, 0.1) is 4.47 Å². The van der Waals surface area contributed by atoms with Crippen LogP contribution < -0.4 is 0 Å². The number of benzene rings is 1. The Morgan fingerprint density at radius 2 is 2.00 bits per heavy atom. The molecule has 0 radical (unpaired) electrons. The minimum absolute atomic E-state index is 0.287. The summed E-state index contributed by atoms with van der Waals surface area (Å²) in [4.78, 5) is 3.25. The Balaban J connectivity index is 2.97. The second kappa shape index (κ2) is 2.77. The molecule has 13 heavy (non-hydrogen) atoms. The first-order valence-corrected chi connectivity index (χ1v) is 4.87. The summed E-state index contributed by atoms with van der Waals surface area (Å²) in [6.45, 7) is 4.07. The highest BCUT2D eigenvalue weighted by Crippen LogP contribution is 2.35. The molecule has 0 bridgehead atoms. The van der Waals surface area contributed by atoms with Crippen molar-refractivity contribution in [3.8, 4) is 5.75 Å². The van der Waals surface area contributed by atoms with Crippen LogP contribution in [-0.2, 0) is 0 Å². The maximum atomic E-state index is 9.49. The van der Waals surface area contributed by atoms with Crippen LogP contribution >= 0.6 is 15.9 Å². The van der Waals surface area contributed by atoms with Crippen LogP contribution in [0.15, 0.2) is 16.6 Å². The SMILES string of the molecule is Cc1[nH]c2ccc(O)c(Br)c2c1C. The molecule has 0 atom stereocenters. The van der Waals surface area contributed by atoms with Gasteiger partial charge in [0.25, 0.3) is 0 Å². The highest BCUT2D eigenvalue weighted by atomic mass is 79.9. The molecule has 0 aliphatic rings.